The van der Waals surface area contributed by atoms with Gasteiger partial charge in [0.1, 0.15) is 0 Å². The monoisotopic (exact) mass is 301 g/mol. The van der Waals surface area contributed by atoms with Crippen molar-refractivity contribution in [1.82, 2.24) is 0 Å². The molecule has 0 amide bonds. The van der Waals surface area contributed by atoms with Crippen LogP contribution in [0.4, 0.5) is 18.9 Å². The summed E-state index contributed by atoms with van der Waals surface area (Å²) in [6.07, 6.45) is -4.27. The number of hydrogen-bond acceptors (Lipinski definition) is 2. The lowest BCUT2D eigenvalue weighted by Gasteiger charge is -2.10. The van der Waals surface area contributed by atoms with Crippen LogP contribution in [0, 0.1) is 0 Å². The van der Waals surface area contributed by atoms with E-state index in [9.17, 15) is 21.6 Å². The fraction of sp³-hybridized carbons (Fsp3) is 0.400. The predicted octanol–water partition coefficient (Wildman–Crippen LogP) is 3.08. The van der Waals surface area contributed by atoms with Crippen LogP contribution in [0.5, 0.6) is 0 Å². The maximum absolute atomic E-state index is 12.4. The lowest BCUT2D eigenvalue weighted by molar-refractivity contribution is -0.137. The molecule has 8 heteroatoms. The maximum Gasteiger partial charge on any atom is 0.416 e. The average Bonchev–Trinajstić information content (AvgIpc) is 2.25. The van der Waals surface area contributed by atoms with Gasteiger partial charge in [-0.15, -0.1) is 11.6 Å². The van der Waals surface area contributed by atoms with Crippen LogP contribution in [-0.4, -0.2) is 20.1 Å². The molecule has 0 unspecified atom stereocenters. The second-order valence-corrected chi connectivity index (χ2v) is 5.76. The zero-order chi connectivity index (χ0) is 13.8. The van der Waals surface area contributed by atoms with Gasteiger partial charge in [-0.3, -0.25) is 4.72 Å². The van der Waals surface area contributed by atoms with Crippen LogP contribution in [0.2, 0.25) is 0 Å². The number of anilines is 1. The summed E-state index contributed by atoms with van der Waals surface area (Å²) in [7, 11) is -3.66. The minimum Gasteiger partial charge on any atom is -0.284 e. The number of nitrogens with one attached hydrogen (secondary N) is 1. The van der Waals surface area contributed by atoms with Gasteiger partial charge in [-0.2, -0.15) is 13.2 Å². The first-order valence-corrected chi connectivity index (χ1v) is 7.17. The number of hydrogen-bond donors (Lipinski definition) is 1. The highest BCUT2D eigenvalue weighted by Crippen LogP contribution is 2.30. The molecule has 18 heavy (non-hydrogen) atoms. The Hall–Kier alpha value is -0.950. The molecule has 1 N–H and O–H groups in total. The van der Waals surface area contributed by atoms with Gasteiger partial charge in [-0.25, -0.2) is 8.42 Å². The molecule has 0 aliphatic carbocycles. The van der Waals surface area contributed by atoms with Crippen molar-refractivity contribution >= 4 is 27.3 Å². The van der Waals surface area contributed by atoms with Gasteiger partial charge in [0.25, 0.3) is 0 Å². The molecule has 0 bridgehead atoms. The van der Waals surface area contributed by atoms with Crippen molar-refractivity contribution in [1.29, 1.82) is 0 Å². The molecular weight excluding hydrogens is 291 g/mol. The molecule has 0 heterocycles. The molecule has 0 aromatic heterocycles. The van der Waals surface area contributed by atoms with Crippen LogP contribution in [0.25, 0.3) is 0 Å². The highest BCUT2D eigenvalue weighted by molar-refractivity contribution is 7.92. The van der Waals surface area contributed by atoms with Crippen LogP contribution < -0.4 is 4.72 Å². The van der Waals surface area contributed by atoms with E-state index in [1.165, 1.54) is 6.07 Å². The highest BCUT2D eigenvalue weighted by atomic mass is 35.5. The molecule has 0 atom stereocenters. The summed E-state index contributed by atoms with van der Waals surface area (Å²) in [6, 6.07) is 4.02. The van der Waals surface area contributed by atoms with E-state index in [-0.39, 0.29) is 23.7 Å². The van der Waals surface area contributed by atoms with E-state index in [0.29, 0.717) is 0 Å². The van der Waals surface area contributed by atoms with Gasteiger partial charge in [0.2, 0.25) is 10.0 Å². The fourth-order valence-electron chi connectivity index (χ4n) is 1.23. The highest BCUT2D eigenvalue weighted by Gasteiger charge is 2.30. The Morgan fingerprint density at radius 3 is 2.50 bits per heavy atom. The summed E-state index contributed by atoms with van der Waals surface area (Å²) in [5, 5.41) is 0. The van der Waals surface area contributed by atoms with Gasteiger partial charge >= 0.3 is 6.18 Å². The Morgan fingerprint density at radius 2 is 1.94 bits per heavy atom. The van der Waals surface area contributed by atoms with E-state index in [0.717, 1.165) is 18.2 Å². The van der Waals surface area contributed by atoms with E-state index in [4.69, 9.17) is 11.6 Å². The molecular formula is C10H11ClF3NO2S. The molecule has 102 valence electrons. The van der Waals surface area contributed by atoms with E-state index >= 15 is 0 Å². The first kappa shape index (κ1) is 15.1. The Kier molecular flexibility index (Phi) is 4.86. The molecule has 0 fully saturated rings. The van der Waals surface area contributed by atoms with Gasteiger partial charge < -0.3 is 0 Å². The number of halogens is 4. The number of rotatable bonds is 5. The SMILES string of the molecule is O=S(=O)(CCCCl)Nc1cccc(C(F)(F)F)c1. The largest absolute Gasteiger partial charge is 0.416 e. The maximum atomic E-state index is 12.4. The number of alkyl halides is 4. The molecule has 1 aromatic carbocycles. The zero-order valence-corrected chi connectivity index (χ0v) is 10.7. The van der Waals surface area contributed by atoms with E-state index in [1.54, 1.807) is 0 Å². The first-order valence-electron chi connectivity index (χ1n) is 4.98. The summed E-state index contributed by atoms with van der Waals surface area (Å²) in [6.45, 7) is 0. The molecule has 0 saturated carbocycles. The summed E-state index contributed by atoms with van der Waals surface area (Å²) < 4.78 is 62.2. The summed E-state index contributed by atoms with van der Waals surface area (Å²) >= 11 is 5.35. The van der Waals surface area contributed by atoms with Gasteiger partial charge in [0.15, 0.2) is 0 Å². The van der Waals surface area contributed by atoms with E-state index in [1.807, 2.05) is 0 Å². The van der Waals surface area contributed by atoms with Crippen LogP contribution in [-0.2, 0) is 16.2 Å². The molecule has 3 nitrogen and oxygen atoms in total. The van der Waals surface area contributed by atoms with Crippen molar-refractivity contribution in [3.63, 3.8) is 0 Å². The average molecular weight is 302 g/mol. The molecule has 0 saturated heterocycles. The summed E-state index contributed by atoms with van der Waals surface area (Å²) in [5.74, 6) is -0.0593. The quantitative estimate of drug-likeness (QED) is 0.850. The standard InChI is InChI=1S/C10H11ClF3NO2S/c11-5-2-6-18(16,17)15-9-4-1-3-8(7-9)10(12,13)14/h1,3-4,7,15H,2,5-6H2. The van der Waals surface area contributed by atoms with Crippen molar-refractivity contribution in [2.45, 2.75) is 12.6 Å². The molecule has 0 aliphatic rings. The third-order valence-electron chi connectivity index (χ3n) is 2.01. The normalized spacial score (nSPS) is 12.4. The molecule has 0 spiro atoms. The third-order valence-corrected chi connectivity index (χ3v) is 3.65. The number of benzene rings is 1. The predicted molar refractivity (Wildman–Crippen MR) is 64.2 cm³/mol. The van der Waals surface area contributed by atoms with Crippen molar-refractivity contribution in [2.75, 3.05) is 16.4 Å². The molecule has 1 rings (SSSR count). The van der Waals surface area contributed by atoms with Gasteiger partial charge in [-0.05, 0) is 24.6 Å². The van der Waals surface area contributed by atoms with Crippen LogP contribution in [0.15, 0.2) is 24.3 Å². The molecule has 0 aliphatic heterocycles. The van der Waals surface area contributed by atoms with Crippen LogP contribution >= 0.6 is 11.6 Å². The second kappa shape index (κ2) is 5.79. The van der Waals surface area contributed by atoms with E-state index < -0.39 is 21.8 Å². The van der Waals surface area contributed by atoms with Gasteiger partial charge in [0, 0.05) is 11.6 Å². The lowest BCUT2D eigenvalue weighted by atomic mass is 10.2. The first-order chi connectivity index (χ1) is 8.24. The topological polar surface area (TPSA) is 46.2 Å². The second-order valence-electron chi connectivity index (χ2n) is 3.54. The smallest absolute Gasteiger partial charge is 0.284 e. The van der Waals surface area contributed by atoms with Crippen molar-refractivity contribution in [3.05, 3.63) is 29.8 Å². The molecule has 0 radical (unpaired) electrons. The minimum absolute atomic E-state index is 0.112. The fourth-order valence-corrected chi connectivity index (χ4v) is 2.64. The van der Waals surface area contributed by atoms with Crippen LogP contribution in [0.1, 0.15) is 12.0 Å². The Balaban J connectivity index is 2.86. The Bertz CT molecular complexity index is 502. The van der Waals surface area contributed by atoms with Crippen molar-refractivity contribution in [2.24, 2.45) is 0 Å². The zero-order valence-electron chi connectivity index (χ0n) is 9.17. The Labute approximate surface area is 108 Å². The minimum atomic E-state index is -4.50. The van der Waals surface area contributed by atoms with Crippen LogP contribution in [0.3, 0.4) is 0 Å². The van der Waals surface area contributed by atoms with E-state index in [2.05, 4.69) is 4.72 Å². The van der Waals surface area contributed by atoms with Crippen molar-refractivity contribution < 1.29 is 21.6 Å². The number of sulfonamides is 1. The Morgan fingerprint density at radius 1 is 1.28 bits per heavy atom. The lowest BCUT2D eigenvalue weighted by Crippen LogP contribution is -2.17. The van der Waals surface area contributed by atoms with Gasteiger partial charge in [0.05, 0.1) is 11.3 Å². The molecule has 1 aromatic rings. The third kappa shape index (κ3) is 4.73. The van der Waals surface area contributed by atoms with Crippen molar-refractivity contribution in [3.8, 4) is 0 Å². The summed E-state index contributed by atoms with van der Waals surface area (Å²) in [5.41, 5.74) is -1.01. The summed E-state index contributed by atoms with van der Waals surface area (Å²) in [4.78, 5) is 0. The van der Waals surface area contributed by atoms with Gasteiger partial charge in [-0.1, -0.05) is 6.07 Å².